The van der Waals surface area contributed by atoms with Crippen LogP contribution in [0.25, 0.3) is 0 Å². The van der Waals surface area contributed by atoms with Crippen LogP contribution in [0.2, 0.25) is 0 Å². The Balaban J connectivity index is 1.95. The minimum atomic E-state index is -0.297. The summed E-state index contributed by atoms with van der Waals surface area (Å²) in [6.45, 7) is 6.86. The maximum atomic E-state index is 11.4. The molecule has 20 heavy (non-hydrogen) atoms. The quantitative estimate of drug-likeness (QED) is 0.798. The van der Waals surface area contributed by atoms with Gasteiger partial charge in [0, 0.05) is 31.0 Å². The number of nitrogens with zero attached hydrogens (tertiary/aromatic N) is 3. The van der Waals surface area contributed by atoms with Gasteiger partial charge in [-0.1, -0.05) is 13.8 Å². The van der Waals surface area contributed by atoms with Crippen molar-refractivity contribution >= 4 is 11.9 Å². The van der Waals surface area contributed by atoms with Crippen molar-refractivity contribution in [2.24, 2.45) is 11.7 Å². The van der Waals surface area contributed by atoms with E-state index in [0.29, 0.717) is 11.9 Å². The molecule has 0 aromatic carbocycles. The van der Waals surface area contributed by atoms with Crippen LogP contribution in [0.1, 0.15) is 32.3 Å². The lowest BCUT2D eigenvalue weighted by molar-refractivity contribution is -0.119. The topological polar surface area (TPSA) is 84.1 Å². The summed E-state index contributed by atoms with van der Waals surface area (Å²) < 4.78 is 0. The van der Waals surface area contributed by atoms with Crippen LogP contribution in [-0.2, 0) is 11.3 Å². The Morgan fingerprint density at radius 3 is 2.80 bits per heavy atom. The second-order valence-electron chi connectivity index (χ2n) is 5.67. The van der Waals surface area contributed by atoms with Crippen molar-refractivity contribution in [3.8, 4) is 0 Å². The van der Waals surface area contributed by atoms with Crippen LogP contribution in [0.15, 0.2) is 12.4 Å². The molecule has 1 saturated heterocycles. The third-order valence-electron chi connectivity index (χ3n) is 3.41. The van der Waals surface area contributed by atoms with Crippen molar-refractivity contribution in [3.05, 3.63) is 18.0 Å². The molecule has 6 nitrogen and oxygen atoms in total. The highest BCUT2D eigenvalue weighted by Crippen LogP contribution is 2.21. The molecule has 1 aromatic rings. The maximum Gasteiger partial charge on any atom is 0.240 e. The van der Waals surface area contributed by atoms with Crippen LogP contribution in [0.5, 0.6) is 0 Å². The number of rotatable bonds is 6. The number of carbonyl (C=O) groups is 1. The summed E-state index contributed by atoms with van der Waals surface area (Å²) >= 11 is 0. The van der Waals surface area contributed by atoms with Crippen LogP contribution < -0.4 is 16.0 Å². The zero-order chi connectivity index (χ0) is 14.5. The second kappa shape index (κ2) is 6.65. The lowest BCUT2D eigenvalue weighted by atomic mass is 10.2. The molecule has 0 saturated carbocycles. The molecule has 6 heteroatoms. The van der Waals surface area contributed by atoms with Gasteiger partial charge in [-0.05, 0) is 25.3 Å². The van der Waals surface area contributed by atoms with Crippen molar-refractivity contribution in [2.75, 3.05) is 18.0 Å². The first-order valence-electron chi connectivity index (χ1n) is 7.15. The van der Waals surface area contributed by atoms with Gasteiger partial charge in [-0.15, -0.1) is 0 Å². The van der Waals surface area contributed by atoms with Crippen LogP contribution >= 0.6 is 0 Å². The molecule has 3 N–H and O–H groups in total. The molecule has 1 atom stereocenters. The molecule has 0 aliphatic carbocycles. The van der Waals surface area contributed by atoms with Crippen LogP contribution in [0.3, 0.4) is 0 Å². The lowest BCUT2D eigenvalue weighted by Gasteiger charge is -2.21. The summed E-state index contributed by atoms with van der Waals surface area (Å²) in [5.41, 5.74) is 6.45. The molecule has 1 aromatic heterocycles. The summed E-state index contributed by atoms with van der Waals surface area (Å²) in [6.07, 6.45) is 5.36. The molecule has 1 unspecified atom stereocenters. The molecular weight excluding hydrogens is 254 g/mol. The molecule has 0 radical (unpaired) electrons. The molecule has 2 rings (SSSR count). The van der Waals surface area contributed by atoms with Crippen LogP contribution in [-0.4, -0.2) is 35.0 Å². The monoisotopic (exact) mass is 277 g/mol. The summed E-state index contributed by atoms with van der Waals surface area (Å²) in [6, 6.07) is -0.264. The number of hydrogen-bond donors (Lipinski definition) is 2. The Bertz CT molecular complexity index is 445. The fourth-order valence-corrected chi connectivity index (χ4v) is 2.39. The van der Waals surface area contributed by atoms with Crippen molar-refractivity contribution in [1.82, 2.24) is 15.3 Å². The van der Waals surface area contributed by atoms with Gasteiger partial charge in [0.05, 0.1) is 0 Å². The molecule has 2 heterocycles. The highest BCUT2D eigenvalue weighted by Gasteiger charge is 2.30. The number of nitrogens with two attached hydrogens (primary N) is 1. The lowest BCUT2D eigenvalue weighted by Crippen LogP contribution is -2.41. The third kappa shape index (κ3) is 3.66. The van der Waals surface area contributed by atoms with E-state index in [2.05, 4.69) is 29.1 Å². The molecule has 1 aliphatic rings. The predicted molar refractivity (Wildman–Crippen MR) is 78.1 cm³/mol. The number of nitrogens with one attached hydrogen (secondary N) is 1. The zero-order valence-corrected chi connectivity index (χ0v) is 12.2. The first-order chi connectivity index (χ1) is 9.58. The molecule has 1 aliphatic heterocycles. The highest BCUT2D eigenvalue weighted by atomic mass is 16.1. The van der Waals surface area contributed by atoms with Crippen molar-refractivity contribution in [1.29, 1.82) is 0 Å². The number of amides is 1. The Labute approximate surface area is 119 Å². The van der Waals surface area contributed by atoms with E-state index in [4.69, 9.17) is 5.73 Å². The molecule has 0 spiro atoms. The van der Waals surface area contributed by atoms with E-state index in [1.165, 1.54) is 0 Å². The Kier molecular flexibility index (Phi) is 4.89. The number of carbonyl (C=O) groups excluding carboxylic acids is 1. The number of primary amides is 1. The van der Waals surface area contributed by atoms with Gasteiger partial charge in [0.1, 0.15) is 6.04 Å². The summed E-state index contributed by atoms with van der Waals surface area (Å²) in [7, 11) is 0. The van der Waals surface area contributed by atoms with Crippen molar-refractivity contribution in [3.63, 3.8) is 0 Å². The summed E-state index contributed by atoms with van der Waals surface area (Å²) in [4.78, 5) is 22.0. The van der Waals surface area contributed by atoms with Gasteiger partial charge in [-0.2, -0.15) is 0 Å². The predicted octanol–water partition coefficient (Wildman–Crippen LogP) is 0.676. The molecule has 1 amide bonds. The van der Waals surface area contributed by atoms with Crippen molar-refractivity contribution in [2.45, 2.75) is 39.3 Å². The van der Waals surface area contributed by atoms with Gasteiger partial charge >= 0.3 is 0 Å². The average molecular weight is 277 g/mol. The van der Waals surface area contributed by atoms with E-state index in [1.807, 2.05) is 17.3 Å². The van der Waals surface area contributed by atoms with Gasteiger partial charge in [0.2, 0.25) is 11.9 Å². The first-order valence-corrected chi connectivity index (χ1v) is 7.15. The average Bonchev–Trinajstić information content (AvgIpc) is 2.88. The number of aromatic nitrogens is 2. The first kappa shape index (κ1) is 14.7. The Morgan fingerprint density at radius 2 is 2.20 bits per heavy atom. The molecule has 110 valence electrons. The highest BCUT2D eigenvalue weighted by molar-refractivity contribution is 5.83. The minimum absolute atomic E-state index is 0.264. The van der Waals surface area contributed by atoms with E-state index >= 15 is 0 Å². The second-order valence-corrected chi connectivity index (χ2v) is 5.67. The summed E-state index contributed by atoms with van der Waals surface area (Å²) in [5, 5.41) is 3.35. The fraction of sp³-hybridized carbons (Fsp3) is 0.643. The fourth-order valence-electron chi connectivity index (χ4n) is 2.39. The SMILES string of the molecule is CC(C)CNCc1cnc(N2CCCC2C(N)=O)nc1. The largest absolute Gasteiger partial charge is 0.368 e. The third-order valence-corrected chi connectivity index (χ3v) is 3.41. The van der Waals surface area contributed by atoms with Gasteiger partial charge in [0.15, 0.2) is 0 Å². The number of anilines is 1. The Morgan fingerprint density at radius 1 is 1.50 bits per heavy atom. The van der Waals surface area contributed by atoms with E-state index in [9.17, 15) is 4.79 Å². The van der Waals surface area contributed by atoms with E-state index in [0.717, 1.165) is 38.0 Å². The standard InChI is InChI=1S/C14H23N5O/c1-10(2)6-16-7-11-8-17-14(18-9-11)19-5-3-4-12(19)13(15)20/h8-10,12,16H,3-7H2,1-2H3,(H2,15,20). The van der Waals surface area contributed by atoms with E-state index in [1.54, 1.807) is 0 Å². The zero-order valence-electron chi connectivity index (χ0n) is 12.2. The summed E-state index contributed by atoms with van der Waals surface area (Å²) in [5.74, 6) is 0.920. The van der Waals surface area contributed by atoms with Crippen LogP contribution in [0, 0.1) is 5.92 Å². The normalized spacial score (nSPS) is 18.8. The van der Waals surface area contributed by atoms with Crippen molar-refractivity contribution < 1.29 is 4.79 Å². The Hall–Kier alpha value is -1.69. The molecular formula is C14H23N5O. The van der Waals surface area contributed by atoms with Gasteiger partial charge in [0.25, 0.3) is 0 Å². The van der Waals surface area contributed by atoms with Gasteiger partial charge in [-0.3, -0.25) is 4.79 Å². The van der Waals surface area contributed by atoms with Gasteiger partial charge in [-0.25, -0.2) is 9.97 Å². The van der Waals surface area contributed by atoms with Gasteiger partial charge < -0.3 is 16.0 Å². The van der Waals surface area contributed by atoms with E-state index in [-0.39, 0.29) is 11.9 Å². The smallest absolute Gasteiger partial charge is 0.240 e. The molecule has 1 fully saturated rings. The molecule has 0 bridgehead atoms. The minimum Gasteiger partial charge on any atom is -0.368 e. The van der Waals surface area contributed by atoms with Crippen LogP contribution in [0.4, 0.5) is 5.95 Å². The number of hydrogen-bond acceptors (Lipinski definition) is 5. The maximum absolute atomic E-state index is 11.4. The van der Waals surface area contributed by atoms with E-state index < -0.39 is 0 Å².